The summed E-state index contributed by atoms with van der Waals surface area (Å²) in [5.41, 5.74) is 6.97. The van der Waals surface area contributed by atoms with Gasteiger partial charge in [-0.05, 0) is 61.6 Å². The number of nitrogens with zero attached hydrogens (tertiary/aromatic N) is 1. The Morgan fingerprint density at radius 2 is 1.59 bits per heavy atom. The van der Waals surface area contributed by atoms with Gasteiger partial charge in [0.2, 0.25) is 0 Å². The first-order chi connectivity index (χ1) is 17.9. The molecule has 0 radical (unpaired) electrons. The van der Waals surface area contributed by atoms with Gasteiger partial charge >= 0.3 is 0 Å². The number of methoxy groups -OCH3 is 1. The average Bonchev–Trinajstić information content (AvgIpc) is 3.40. The zero-order valence-corrected chi connectivity index (χ0v) is 22.8. The molecule has 0 aliphatic carbocycles. The third-order valence-corrected chi connectivity index (χ3v) is 7.40. The van der Waals surface area contributed by atoms with Crippen LogP contribution in [-0.4, -0.2) is 17.5 Å². The summed E-state index contributed by atoms with van der Waals surface area (Å²) in [6.07, 6.45) is 4.68. The monoisotopic (exact) mass is 497 g/mol. The molecule has 0 saturated carbocycles. The molecule has 0 unspecified atom stereocenters. The van der Waals surface area contributed by atoms with Crippen LogP contribution in [0, 0.1) is 6.92 Å². The first kappa shape index (κ1) is 26.7. The number of benzene rings is 3. The molecule has 0 spiro atoms. The summed E-state index contributed by atoms with van der Waals surface area (Å²) in [5.74, 6) is 0.962. The molecule has 4 nitrogen and oxygen atoms in total. The van der Waals surface area contributed by atoms with E-state index in [0.717, 1.165) is 53.9 Å². The molecule has 0 atom stereocenters. The summed E-state index contributed by atoms with van der Waals surface area (Å²) in [5, 5.41) is 1.03. The maximum absolute atomic E-state index is 12.0. The van der Waals surface area contributed by atoms with Crippen molar-refractivity contribution in [3.63, 3.8) is 0 Å². The number of ketones is 1. The van der Waals surface area contributed by atoms with Crippen molar-refractivity contribution in [2.24, 2.45) is 0 Å². The lowest BCUT2D eigenvalue weighted by Gasteiger charge is -2.29. The molecule has 4 heteroatoms. The number of ether oxygens (including phenoxy) is 2. The van der Waals surface area contributed by atoms with Crippen molar-refractivity contribution in [2.75, 3.05) is 7.11 Å². The number of carbonyl (C=O) groups excluding carboxylic acids is 1. The highest BCUT2D eigenvalue weighted by molar-refractivity contribution is 6.08. The van der Waals surface area contributed by atoms with Crippen molar-refractivity contribution >= 4 is 16.7 Å². The fourth-order valence-corrected chi connectivity index (χ4v) is 5.72. The van der Waals surface area contributed by atoms with Crippen LogP contribution < -0.4 is 4.74 Å². The molecule has 4 aromatic rings. The van der Waals surface area contributed by atoms with Gasteiger partial charge in [0.05, 0.1) is 19.3 Å². The van der Waals surface area contributed by atoms with Gasteiger partial charge in [-0.3, -0.25) is 4.79 Å². The van der Waals surface area contributed by atoms with Crippen LogP contribution in [0.5, 0.6) is 5.75 Å². The number of aromatic nitrogens is 1. The van der Waals surface area contributed by atoms with Gasteiger partial charge < -0.3 is 14.0 Å². The Morgan fingerprint density at radius 1 is 0.946 bits per heavy atom. The predicted molar refractivity (Wildman–Crippen MR) is 152 cm³/mol. The molecule has 0 fully saturated rings. The molecule has 2 heterocycles. The summed E-state index contributed by atoms with van der Waals surface area (Å²) in [4.78, 5) is 12.0. The van der Waals surface area contributed by atoms with Crippen LogP contribution in [0.15, 0.2) is 72.8 Å². The van der Waals surface area contributed by atoms with E-state index in [1.165, 1.54) is 29.5 Å². The molecule has 0 saturated heterocycles. The predicted octanol–water partition coefficient (Wildman–Crippen LogP) is 8.22. The summed E-state index contributed by atoms with van der Waals surface area (Å²) in [7, 11) is 1.66. The SMILES string of the molecule is CCCC1(CCC)OCc2ccccc21.COc1ccc(Cn2c(C)c(C(C)=O)c3ccccc32)cc1. The second-order valence-electron chi connectivity index (χ2n) is 9.91. The lowest BCUT2D eigenvalue weighted by Crippen LogP contribution is -2.24. The van der Waals surface area contributed by atoms with Gasteiger partial charge in [0, 0.05) is 28.7 Å². The summed E-state index contributed by atoms with van der Waals surface area (Å²) in [6.45, 7) is 9.66. The molecule has 37 heavy (non-hydrogen) atoms. The van der Waals surface area contributed by atoms with Crippen molar-refractivity contribution in [1.82, 2.24) is 4.57 Å². The highest BCUT2D eigenvalue weighted by atomic mass is 16.5. The fourth-order valence-electron chi connectivity index (χ4n) is 5.72. The lowest BCUT2D eigenvalue weighted by atomic mass is 9.85. The van der Waals surface area contributed by atoms with Gasteiger partial charge in [-0.1, -0.05) is 81.3 Å². The zero-order chi connectivity index (χ0) is 26.4. The molecular formula is C33H39NO3. The highest BCUT2D eigenvalue weighted by Crippen LogP contribution is 2.43. The number of carbonyl (C=O) groups is 1. The number of hydrogen-bond donors (Lipinski definition) is 0. The van der Waals surface area contributed by atoms with Gasteiger partial charge in [-0.15, -0.1) is 0 Å². The second kappa shape index (κ2) is 11.8. The summed E-state index contributed by atoms with van der Waals surface area (Å²) < 4.78 is 13.5. The molecule has 1 aromatic heterocycles. The van der Waals surface area contributed by atoms with Crippen LogP contribution in [0.2, 0.25) is 0 Å². The Morgan fingerprint density at radius 3 is 2.24 bits per heavy atom. The summed E-state index contributed by atoms with van der Waals surface area (Å²) >= 11 is 0. The molecule has 1 aliphatic rings. The maximum atomic E-state index is 12.0. The number of Topliss-reactive ketones (excluding diaryl/α,β-unsaturated/α-hetero) is 1. The third-order valence-electron chi connectivity index (χ3n) is 7.40. The maximum Gasteiger partial charge on any atom is 0.162 e. The number of fused-ring (bicyclic) bond motifs is 2. The normalized spacial score (nSPS) is 13.6. The van der Waals surface area contributed by atoms with Crippen molar-refractivity contribution < 1.29 is 14.3 Å². The van der Waals surface area contributed by atoms with Crippen LogP contribution in [0.4, 0.5) is 0 Å². The van der Waals surface area contributed by atoms with Crippen molar-refractivity contribution in [3.05, 3.63) is 101 Å². The van der Waals surface area contributed by atoms with Crippen LogP contribution >= 0.6 is 0 Å². The van der Waals surface area contributed by atoms with Crippen molar-refractivity contribution in [3.8, 4) is 5.75 Å². The Kier molecular flexibility index (Phi) is 8.50. The van der Waals surface area contributed by atoms with Gasteiger partial charge in [0.25, 0.3) is 0 Å². The molecule has 5 rings (SSSR count). The Hall–Kier alpha value is -3.37. The van der Waals surface area contributed by atoms with E-state index in [0.29, 0.717) is 0 Å². The molecule has 194 valence electrons. The molecule has 0 amide bonds. The van der Waals surface area contributed by atoms with E-state index in [9.17, 15) is 4.79 Å². The Balaban J connectivity index is 0.000000186. The smallest absolute Gasteiger partial charge is 0.162 e. The molecule has 0 bridgehead atoms. The van der Waals surface area contributed by atoms with Crippen LogP contribution in [0.1, 0.15) is 79.2 Å². The van der Waals surface area contributed by atoms with E-state index in [-0.39, 0.29) is 11.4 Å². The molecule has 3 aromatic carbocycles. The minimum Gasteiger partial charge on any atom is -0.497 e. The van der Waals surface area contributed by atoms with Crippen LogP contribution in [0.25, 0.3) is 10.9 Å². The van der Waals surface area contributed by atoms with Gasteiger partial charge in [0.1, 0.15) is 5.75 Å². The highest BCUT2D eigenvalue weighted by Gasteiger charge is 2.37. The van der Waals surface area contributed by atoms with Crippen LogP contribution in [-0.2, 0) is 23.5 Å². The van der Waals surface area contributed by atoms with E-state index in [2.05, 4.69) is 60.9 Å². The molecular weight excluding hydrogens is 458 g/mol. The number of para-hydroxylation sites is 1. The minimum atomic E-state index is 0.0279. The first-order valence-electron chi connectivity index (χ1n) is 13.4. The van der Waals surface area contributed by atoms with Gasteiger partial charge in [-0.2, -0.15) is 0 Å². The van der Waals surface area contributed by atoms with E-state index in [1.807, 2.05) is 37.3 Å². The zero-order valence-electron chi connectivity index (χ0n) is 22.8. The van der Waals surface area contributed by atoms with Gasteiger partial charge in [-0.25, -0.2) is 0 Å². The first-order valence-corrected chi connectivity index (χ1v) is 13.4. The Labute approximate surface area is 221 Å². The lowest BCUT2D eigenvalue weighted by molar-refractivity contribution is -0.0518. The minimum absolute atomic E-state index is 0.0279. The molecule has 1 aliphatic heterocycles. The second-order valence-corrected chi connectivity index (χ2v) is 9.91. The van der Waals surface area contributed by atoms with E-state index < -0.39 is 0 Å². The topological polar surface area (TPSA) is 40.5 Å². The quantitative estimate of drug-likeness (QED) is 0.230. The largest absolute Gasteiger partial charge is 0.497 e. The van der Waals surface area contributed by atoms with Crippen LogP contribution in [0.3, 0.4) is 0 Å². The molecule has 0 N–H and O–H groups in total. The number of rotatable bonds is 8. The van der Waals surface area contributed by atoms with Gasteiger partial charge in [0.15, 0.2) is 5.78 Å². The average molecular weight is 498 g/mol. The van der Waals surface area contributed by atoms with E-state index >= 15 is 0 Å². The number of hydrogen-bond acceptors (Lipinski definition) is 3. The van der Waals surface area contributed by atoms with Crippen molar-refractivity contribution in [1.29, 1.82) is 0 Å². The van der Waals surface area contributed by atoms with Crippen molar-refractivity contribution in [2.45, 2.75) is 72.1 Å². The summed E-state index contributed by atoms with van der Waals surface area (Å²) in [6, 6.07) is 24.8. The fraction of sp³-hybridized carbons (Fsp3) is 0.364. The van der Waals surface area contributed by atoms with E-state index in [1.54, 1.807) is 14.0 Å². The Bertz CT molecular complexity index is 1340. The van der Waals surface area contributed by atoms with E-state index in [4.69, 9.17) is 9.47 Å². The third kappa shape index (κ3) is 5.50. The standard InChI is InChI=1S/C19H19NO2.C14H20O/c1-13-19(14(2)21)17-6-4-5-7-18(17)20(13)12-15-8-10-16(22-3)11-9-15;1-3-9-14(10-4-2)13-8-6-5-7-12(13)11-15-14/h4-11H,12H2,1-3H3;5-8H,3-4,9-11H2,1-2H3.